The number of ketones is 1. The molecule has 0 saturated carbocycles. The molecule has 1 aliphatic rings. The van der Waals surface area contributed by atoms with E-state index < -0.39 is 17.5 Å². The number of nitrogens with one attached hydrogen (secondary N) is 1. The number of nitrogens with zero attached hydrogens (tertiary/aromatic N) is 1. The van der Waals surface area contributed by atoms with Crippen LogP contribution in [0.15, 0.2) is 42.5 Å². The van der Waals surface area contributed by atoms with Crippen LogP contribution in [0.4, 0.5) is 4.79 Å². The minimum Gasteiger partial charge on any atom is -0.494 e. The Labute approximate surface area is 168 Å². The van der Waals surface area contributed by atoms with Crippen LogP contribution in [-0.2, 0) is 16.9 Å². The highest BCUT2D eigenvalue weighted by Gasteiger charge is 2.49. The zero-order valence-corrected chi connectivity index (χ0v) is 16.7. The summed E-state index contributed by atoms with van der Waals surface area (Å²) in [6, 6.07) is 11.4. The first-order valence-corrected chi connectivity index (χ1v) is 9.31. The molecule has 1 unspecified atom stereocenters. The van der Waals surface area contributed by atoms with E-state index in [9.17, 15) is 14.4 Å². The van der Waals surface area contributed by atoms with Crippen molar-refractivity contribution in [2.75, 3.05) is 6.61 Å². The maximum atomic E-state index is 13.2. The molecule has 1 heterocycles. The summed E-state index contributed by atoms with van der Waals surface area (Å²) in [5.74, 6) is 0.00290. The van der Waals surface area contributed by atoms with Gasteiger partial charge in [-0.15, -0.1) is 0 Å². The number of Topliss-reactive ketones (excluding diaryl/α,β-unsaturated/α-hetero) is 1. The maximum Gasteiger partial charge on any atom is 0.325 e. The van der Waals surface area contributed by atoms with Gasteiger partial charge in [0.2, 0.25) is 0 Å². The molecular formula is C21H21ClN2O4. The Kier molecular flexibility index (Phi) is 5.42. The number of hydrogen-bond donors (Lipinski definition) is 1. The monoisotopic (exact) mass is 400 g/mol. The number of amides is 3. The number of carbonyl (C=O) groups excluding carboxylic acids is 3. The van der Waals surface area contributed by atoms with Gasteiger partial charge in [-0.2, -0.15) is 0 Å². The van der Waals surface area contributed by atoms with Crippen molar-refractivity contribution in [2.24, 2.45) is 0 Å². The van der Waals surface area contributed by atoms with Crippen LogP contribution >= 0.6 is 11.6 Å². The summed E-state index contributed by atoms with van der Waals surface area (Å²) in [4.78, 5) is 38.6. The molecule has 0 spiro atoms. The van der Waals surface area contributed by atoms with Gasteiger partial charge in [0.1, 0.15) is 11.3 Å². The van der Waals surface area contributed by atoms with Crippen molar-refractivity contribution >= 4 is 29.3 Å². The summed E-state index contributed by atoms with van der Waals surface area (Å²) in [5.41, 5.74) is 0.334. The first-order valence-electron chi connectivity index (χ1n) is 8.93. The van der Waals surface area contributed by atoms with E-state index in [0.29, 0.717) is 34.1 Å². The Morgan fingerprint density at radius 1 is 1.21 bits per heavy atom. The van der Waals surface area contributed by atoms with E-state index >= 15 is 0 Å². The standard InChI is InChI=1S/C21H21ClN2O4/c1-4-28-18-10-9-14(13(2)25)11-15(18)12-24-19(26)21(3,23-20(24)27)16-7-5-6-8-17(16)22/h5-11H,4,12H2,1-3H3,(H,23,27). The first kappa shape index (κ1) is 19.9. The molecule has 1 saturated heterocycles. The van der Waals surface area contributed by atoms with E-state index in [1.165, 1.54) is 6.92 Å². The lowest BCUT2D eigenvalue weighted by Crippen LogP contribution is -2.41. The van der Waals surface area contributed by atoms with Crippen LogP contribution in [0.2, 0.25) is 5.02 Å². The number of carbonyl (C=O) groups is 3. The summed E-state index contributed by atoms with van der Waals surface area (Å²) in [6.45, 7) is 5.33. The molecule has 146 valence electrons. The third-order valence-electron chi connectivity index (χ3n) is 4.78. The summed E-state index contributed by atoms with van der Waals surface area (Å²) in [5, 5.41) is 3.14. The Morgan fingerprint density at radius 3 is 2.57 bits per heavy atom. The van der Waals surface area contributed by atoms with E-state index in [-0.39, 0.29) is 12.3 Å². The number of rotatable bonds is 6. The molecule has 0 bridgehead atoms. The fourth-order valence-electron chi connectivity index (χ4n) is 3.28. The highest BCUT2D eigenvalue weighted by Crippen LogP contribution is 2.35. The zero-order chi connectivity index (χ0) is 20.5. The van der Waals surface area contributed by atoms with Gasteiger partial charge >= 0.3 is 6.03 Å². The molecule has 1 atom stereocenters. The molecule has 2 aromatic carbocycles. The molecule has 6 nitrogen and oxygen atoms in total. The second-order valence-electron chi connectivity index (χ2n) is 6.74. The van der Waals surface area contributed by atoms with Gasteiger partial charge in [-0.3, -0.25) is 14.5 Å². The average Bonchev–Trinajstić information content (AvgIpc) is 2.87. The van der Waals surface area contributed by atoms with Crippen molar-refractivity contribution in [1.29, 1.82) is 0 Å². The largest absolute Gasteiger partial charge is 0.494 e. The van der Waals surface area contributed by atoms with Crippen LogP contribution < -0.4 is 10.1 Å². The lowest BCUT2D eigenvalue weighted by atomic mass is 9.92. The third kappa shape index (κ3) is 3.47. The molecular weight excluding hydrogens is 380 g/mol. The first-order chi connectivity index (χ1) is 13.3. The van der Waals surface area contributed by atoms with Crippen molar-refractivity contribution in [3.05, 3.63) is 64.2 Å². The summed E-state index contributed by atoms with van der Waals surface area (Å²) in [7, 11) is 0. The zero-order valence-electron chi connectivity index (χ0n) is 15.9. The van der Waals surface area contributed by atoms with Gasteiger partial charge in [0, 0.05) is 21.7 Å². The smallest absolute Gasteiger partial charge is 0.325 e. The van der Waals surface area contributed by atoms with E-state index in [1.54, 1.807) is 49.4 Å². The van der Waals surface area contributed by atoms with Crippen LogP contribution in [-0.4, -0.2) is 29.2 Å². The van der Waals surface area contributed by atoms with Gasteiger partial charge in [0.15, 0.2) is 5.78 Å². The number of imide groups is 1. The van der Waals surface area contributed by atoms with E-state index in [1.807, 2.05) is 6.92 Å². The van der Waals surface area contributed by atoms with Gasteiger partial charge < -0.3 is 10.1 Å². The van der Waals surface area contributed by atoms with Gasteiger partial charge in [0.25, 0.3) is 5.91 Å². The molecule has 1 fully saturated rings. The molecule has 1 N–H and O–H groups in total. The van der Waals surface area contributed by atoms with Crippen molar-refractivity contribution in [2.45, 2.75) is 32.9 Å². The average molecular weight is 401 g/mol. The van der Waals surface area contributed by atoms with Crippen molar-refractivity contribution in [3.8, 4) is 5.75 Å². The molecule has 0 aromatic heterocycles. The number of hydrogen-bond acceptors (Lipinski definition) is 4. The topological polar surface area (TPSA) is 75.7 Å². The van der Waals surface area contributed by atoms with Gasteiger partial charge in [0.05, 0.1) is 13.2 Å². The van der Waals surface area contributed by atoms with Crippen molar-refractivity contribution in [1.82, 2.24) is 10.2 Å². The normalized spacial score (nSPS) is 18.9. The highest BCUT2D eigenvalue weighted by atomic mass is 35.5. The van der Waals surface area contributed by atoms with E-state index in [2.05, 4.69) is 5.32 Å². The lowest BCUT2D eigenvalue weighted by molar-refractivity contribution is -0.131. The van der Waals surface area contributed by atoms with Gasteiger partial charge in [-0.05, 0) is 45.0 Å². The second-order valence-corrected chi connectivity index (χ2v) is 7.15. The minimum absolute atomic E-state index is 0.0127. The fraction of sp³-hybridized carbons (Fsp3) is 0.286. The van der Waals surface area contributed by atoms with Crippen molar-refractivity contribution < 1.29 is 19.1 Å². The third-order valence-corrected chi connectivity index (χ3v) is 5.11. The van der Waals surface area contributed by atoms with Gasteiger partial charge in [-0.1, -0.05) is 29.8 Å². The molecule has 3 rings (SSSR count). The Morgan fingerprint density at radius 2 is 1.93 bits per heavy atom. The number of urea groups is 1. The predicted molar refractivity (Wildman–Crippen MR) is 106 cm³/mol. The number of halogens is 1. The Balaban J connectivity index is 1.96. The Bertz CT molecular complexity index is 959. The Hall–Kier alpha value is -2.86. The SMILES string of the molecule is CCOc1ccc(C(C)=O)cc1CN1C(=O)NC(C)(c2ccccc2Cl)C1=O. The summed E-state index contributed by atoms with van der Waals surface area (Å²) < 4.78 is 5.61. The fourth-order valence-corrected chi connectivity index (χ4v) is 3.60. The summed E-state index contributed by atoms with van der Waals surface area (Å²) >= 11 is 6.26. The minimum atomic E-state index is -1.26. The molecule has 2 aromatic rings. The van der Waals surface area contributed by atoms with Crippen molar-refractivity contribution in [3.63, 3.8) is 0 Å². The molecule has 0 aliphatic carbocycles. The molecule has 28 heavy (non-hydrogen) atoms. The van der Waals surface area contributed by atoms with Crippen LogP contribution in [0.1, 0.15) is 42.3 Å². The predicted octanol–water partition coefficient (Wildman–Crippen LogP) is 3.91. The lowest BCUT2D eigenvalue weighted by Gasteiger charge is -2.23. The van der Waals surface area contributed by atoms with Crippen LogP contribution in [0.3, 0.4) is 0 Å². The quantitative estimate of drug-likeness (QED) is 0.589. The summed E-state index contributed by atoms with van der Waals surface area (Å²) in [6.07, 6.45) is 0. The number of benzene rings is 2. The molecule has 7 heteroatoms. The second kappa shape index (κ2) is 7.64. The van der Waals surface area contributed by atoms with Crippen LogP contribution in [0.5, 0.6) is 5.75 Å². The number of ether oxygens (including phenoxy) is 1. The molecule has 0 radical (unpaired) electrons. The van der Waals surface area contributed by atoms with E-state index in [0.717, 1.165) is 4.90 Å². The van der Waals surface area contributed by atoms with E-state index in [4.69, 9.17) is 16.3 Å². The molecule has 3 amide bonds. The van der Waals surface area contributed by atoms with Gasteiger partial charge in [-0.25, -0.2) is 4.79 Å². The molecule has 1 aliphatic heterocycles. The van der Waals surface area contributed by atoms with Crippen LogP contribution in [0.25, 0.3) is 0 Å². The highest BCUT2D eigenvalue weighted by molar-refractivity contribution is 6.32. The van der Waals surface area contributed by atoms with Crippen LogP contribution in [0, 0.1) is 0 Å². The maximum absolute atomic E-state index is 13.2.